The molecule has 2 heterocycles. The summed E-state index contributed by atoms with van der Waals surface area (Å²) in [5, 5.41) is 0.997. The highest BCUT2D eigenvalue weighted by Gasteiger charge is 2.19. The molecule has 3 aromatic rings. The largest absolute Gasteiger partial charge is 0.492 e. The van der Waals surface area contributed by atoms with E-state index in [1.165, 1.54) is 0 Å². The SMILES string of the molecule is CN1C(=O)CCOc2ccc(C#CCCOc3cccc4ncccc34)cc21. The molecule has 0 aliphatic carbocycles. The fourth-order valence-electron chi connectivity index (χ4n) is 3.11. The number of hydrogen-bond acceptors (Lipinski definition) is 4. The molecule has 1 aliphatic rings. The number of benzene rings is 2. The molecule has 0 bridgehead atoms. The Morgan fingerprint density at radius 1 is 1.21 bits per heavy atom. The van der Waals surface area contributed by atoms with E-state index in [1.54, 1.807) is 18.1 Å². The highest BCUT2D eigenvalue weighted by molar-refractivity contribution is 5.95. The molecule has 0 saturated heterocycles. The second-order valence-electron chi connectivity index (χ2n) is 6.46. The average molecular weight is 372 g/mol. The Morgan fingerprint density at radius 2 is 2.14 bits per heavy atom. The first kappa shape index (κ1) is 17.9. The van der Waals surface area contributed by atoms with Crippen LogP contribution in [-0.4, -0.2) is 31.2 Å². The van der Waals surface area contributed by atoms with Crippen molar-refractivity contribution >= 4 is 22.5 Å². The number of rotatable bonds is 3. The molecule has 28 heavy (non-hydrogen) atoms. The highest BCUT2D eigenvalue weighted by Crippen LogP contribution is 2.31. The molecule has 0 radical (unpaired) electrons. The van der Waals surface area contributed by atoms with Crippen LogP contribution in [0.15, 0.2) is 54.7 Å². The van der Waals surface area contributed by atoms with Crippen molar-refractivity contribution in [1.29, 1.82) is 0 Å². The first-order valence-electron chi connectivity index (χ1n) is 9.21. The standard InChI is InChI=1S/C23H20N2O3/c1-25-20-16-17(10-11-22(20)28-15-12-23(25)26)6-2-3-14-27-21-9-4-8-19-18(21)7-5-13-24-19/h4-5,7-11,13,16H,3,12,14-15H2,1H3. The van der Waals surface area contributed by atoms with Gasteiger partial charge in [-0.05, 0) is 42.5 Å². The molecule has 5 heteroatoms. The third kappa shape index (κ3) is 3.77. The van der Waals surface area contributed by atoms with Gasteiger partial charge < -0.3 is 14.4 Å². The van der Waals surface area contributed by atoms with Crippen LogP contribution in [-0.2, 0) is 4.79 Å². The number of hydrogen-bond donors (Lipinski definition) is 0. The van der Waals surface area contributed by atoms with Gasteiger partial charge in [-0.3, -0.25) is 9.78 Å². The lowest BCUT2D eigenvalue weighted by Crippen LogP contribution is -2.25. The summed E-state index contributed by atoms with van der Waals surface area (Å²) in [7, 11) is 1.76. The van der Waals surface area contributed by atoms with Gasteiger partial charge in [0.15, 0.2) is 0 Å². The van der Waals surface area contributed by atoms with E-state index in [0.29, 0.717) is 31.8 Å². The third-order valence-electron chi connectivity index (χ3n) is 4.59. The molecular weight excluding hydrogens is 352 g/mol. The van der Waals surface area contributed by atoms with E-state index in [0.717, 1.165) is 27.9 Å². The molecular formula is C23H20N2O3. The van der Waals surface area contributed by atoms with Crippen LogP contribution >= 0.6 is 0 Å². The monoisotopic (exact) mass is 372 g/mol. The second kappa shape index (κ2) is 8.01. The Morgan fingerprint density at radius 3 is 3.07 bits per heavy atom. The predicted molar refractivity (Wildman–Crippen MR) is 109 cm³/mol. The van der Waals surface area contributed by atoms with Crippen LogP contribution in [0.25, 0.3) is 10.9 Å². The van der Waals surface area contributed by atoms with Crippen molar-refractivity contribution in [2.45, 2.75) is 12.8 Å². The number of anilines is 1. The van der Waals surface area contributed by atoms with Crippen LogP contribution < -0.4 is 14.4 Å². The van der Waals surface area contributed by atoms with Gasteiger partial charge in [-0.1, -0.05) is 17.9 Å². The molecule has 1 amide bonds. The van der Waals surface area contributed by atoms with Crippen molar-refractivity contribution in [2.24, 2.45) is 0 Å². The summed E-state index contributed by atoms with van der Waals surface area (Å²) in [6.07, 6.45) is 2.75. The molecule has 1 aliphatic heterocycles. The van der Waals surface area contributed by atoms with Crippen molar-refractivity contribution in [3.05, 3.63) is 60.3 Å². The Bertz CT molecular complexity index is 1080. The van der Waals surface area contributed by atoms with Gasteiger partial charge in [0.25, 0.3) is 0 Å². The molecule has 4 rings (SSSR count). The number of amides is 1. The van der Waals surface area contributed by atoms with E-state index in [4.69, 9.17) is 9.47 Å². The normalized spacial score (nSPS) is 13.2. The Labute approximate surface area is 163 Å². The number of ether oxygens (including phenoxy) is 2. The predicted octanol–water partition coefficient (Wildman–Crippen LogP) is 3.80. The van der Waals surface area contributed by atoms with E-state index in [2.05, 4.69) is 16.8 Å². The lowest BCUT2D eigenvalue weighted by molar-refractivity contribution is -0.118. The smallest absolute Gasteiger partial charge is 0.230 e. The molecule has 0 atom stereocenters. The van der Waals surface area contributed by atoms with Crippen molar-refractivity contribution in [1.82, 2.24) is 4.98 Å². The first-order valence-corrected chi connectivity index (χ1v) is 9.21. The van der Waals surface area contributed by atoms with Gasteiger partial charge in [0.05, 0.1) is 30.8 Å². The molecule has 1 aromatic heterocycles. The van der Waals surface area contributed by atoms with Crippen LogP contribution in [0.1, 0.15) is 18.4 Å². The number of carbonyl (C=O) groups excluding carboxylic acids is 1. The van der Waals surface area contributed by atoms with E-state index < -0.39 is 0 Å². The molecule has 0 N–H and O–H groups in total. The summed E-state index contributed by atoms with van der Waals surface area (Å²) in [4.78, 5) is 18.0. The fraction of sp³-hybridized carbons (Fsp3) is 0.217. The average Bonchev–Trinajstić information content (AvgIpc) is 2.86. The van der Waals surface area contributed by atoms with Gasteiger partial charge in [-0.2, -0.15) is 0 Å². The summed E-state index contributed by atoms with van der Waals surface area (Å²) in [5.41, 5.74) is 2.52. The minimum absolute atomic E-state index is 0.0434. The Hall–Kier alpha value is -3.52. The zero-order chi connectivity index (χ0) is 19.3. The van der Waals surface area contributed by atoms with Crippen molar-refractivity contribution in [3.63, 3.8) is 0 Å². The minimum atomic E-state index is 0.0434. The topological polar surface area (TPSA) is 51.7 Å². The fourth-order valence-corrected chi connectivity index (χ4v) is 3.11. The van der Waals surface area contributed by atoms with Crippen LogP contribution in [0, 0.1) is 11.8 Å². The van der Waals surface area contributed by atoms with Gasteiger partial charge in [0.1, 0.15) is 11.5 Å². The summed E-state index contributed by atoms with van der Waals surface area (Å²) in [6, 6.07) is 15.4. The van der Waals surface area contributed by atoms with E-state index >= 15 is 0 Å². The Kier molecular flexibility index (Phi) is 5.11. The number of pyridine rings is 1. The van der Waals surface area contributed by atoms with Gasteiger partial charge in [0.2, 0.25) is 5.91 Å². The van der Waals surface area contributed by atoms with Crippen molar-refractivity contribution in [3.8, 4) is 23.3 Å². The van der Waals surface area contributed by atoms with E-state index in [9.17, 15) is 4.79 Å². The maximum absolute atomic E-state index is 12.0. The third-order valence-corrected chi connectivity index (χ3v) is 4.59. The van der Waals surface area contributed by atoms with Crippen LogP contribution in [0.2, 0.25) is 0 Å². The van der Waals surface area contributed by atoms with E-state index in [-0.39, 0.29) is 5.91 Å². The maximum Gasteiger partial charge on any atom is 0.230 e. The zero-order valence-corrected chi connectivity index (χ0v) is 15.6. The molecule has 0 spiro atoms. The van der Waals surface area contributed by atoms with Crippen LogP contribution in [0.5, 0.6) is 11.5 Å². The minimum Gasteiger partial charge on any atom is -0.492 e. The molecule has 0 fully saturated rings. The van der Waals surface area contributed by atoms with E-state index in [1.807, 2.05) is 48.5 Å². The number of aromatic nitrogens is 1. The molecule has 2 aromatic carbocycles. The second-order valence-corrected chi connectivity index (χ2v) is 6.46. The van der Waals surface area contributed by atoms with Gasteiger partial charge >= 0.3 is 0 Å². The first-order chi connectivity index (χ1) is 13.7. The van der Waals surface area contributed by atoms with Gasteiger partial charge in [0, 0.05) is 30.6 Å². The zero-order valence-electron chi connectivity index (χ0n) is 15.6. The summed E-state index contributed by atoms with van der Waals surface area (Å²) in [6.45, 7) is 0.898. The summed E-state index contributed by atoms with van der Waals surface area (Å²) < 4.78 is 11.5. The van der Waals surface area contributed by atoms with Crippen LogP contribution in [0.3, 0.4) is 0 Å². The molecule has 0 saturated carbocycles. The van der Waals surface area contributed by atoms with Crippen LogP contribution in [0.4, 0.5) is 5.69 Å². The molecule has 5 nitrogen and oxygen atoms in total. The number of carbonyl (C=O) groups is 1. The molecule has 140 valence electrons. The van der Waals surface area contributed by atoms with Crippen molar-refractivity contribution < 1.29 is 14.3 Å². The number of fused-ring (bicyclic) bond motifs is 2. The van der Waals surface area contributed by atoms with Gasteiger partial charge in [-0.15, -0.1) is 0 Å². The van der Waals surface area contributed by atoms with Crippen molar-refractivity contribution in [2.75, 3.05) is 25.2 Å². The number of nitrogens with zero attached hydrogens (tertiary/aromatic N) is 2. The highest BCUT2D eigenvalue weighted by atomic mass is 16.5. The lowest BCUT2D eigenvalue weighted by atomic mass is 10.1. The lowest BCUT2D eigenvalue weighted by Gasteiger charge is -2.16. The quantitative estimate of drug-likeness (QED) is 0.518. The maximum atomic E-state index is 12.0. The Balaban J connectivity index is 1.41. The molecule has 0 unspecified atom stereocenters. The summed E-state index contributed by atoms with van der Waals surface area (Å²) in [5.74, 6) is 7.84. The summed E-state index contributed by atoms with van der Waals surface area (Å²) >= 11 is 0. The van der Waals surface area contributed by atoms with Gasteiger partial charge in [-0.25, -0.2) is 0 Å².